The van der Waals surface area contributed by atoms with Crippen LogP contribution in [0.4, 0.5) is 10.5 Å². The lowest BCUT2D eigenvalue weighted by molar-refractivity contribution is -0.116. The highest BCUT2D eigenvalue weighted by Crippen LogP contribution is 2.10. The van der Waals surface area contributed by atoms with E-state index in [9.17, 15) is 9.59 Å². The number of urea groups is 1. The Hall–Kier alpha value is -2.08. The molecule has 0 fully saturated rings. The number of carbonyl (C=O) groups excluding carboxylic acids is 2. The van der Waals surface area contributed by atoms with Crippen LogP contribution in [0.5, 0.6) is 0 Å². The molecule has 0 aliphatic rings. The molecule has 122 valence electrons. The van der Waals surface area contributed by atoms with Crippen molar-refractivity contribution in [1.29, 1.82) is 0 Å². The molecule has 0 unspecified atom stereocenters. The molecule has 3 amide bonds. The van der Waals surface area contributed by atoms with Crippen molar-refractivity contribution in [2.45, 2.75) is 26.3 Å². The quantitative estimate of drug-likeness (QED) is 0.641. The first kappa shape index (κ1) is 18.0. The van der Waals surface area contributed by atoms with E-state index in [-0.39, 0.29) is 11.9 Å². The fourth-order valence-electron chi connectivity index (χ4n) is 1.87. The first-order valence-electron chi connectivity index (χ1n) is 7.56. The van der Waals surface area contributed by atoms with Crippen LogP contribution >= 0.6 is 0 Å². The van der Waals surface area contributed by atoms with Gasteiger partial charge in [0.25, 0.3) is 0 Å². The van der Waals surface area contributed by atoms with Crippen molar-refractivity contribution in [3.05, 3.63) is 29.8 Å². The molecule has 0 saturated carbocycles. The zero-order valence-electron chi connectivity index (χ0n) is 13.6. The van der Waals surface area contributed by atoms with Crippen LogP contribution in [0.2, 0.25) is 0 Å². The lowest BCUT2D eigenvalue weighted by Crippen LogP contribution is -2.35. The molecule has 0 radical (unpaired) electrons. The highest BCUT2D eigenvalue weighted by Gasteiger charge is 2.05. The van der Waals surface area contributed by atoms with Crippen molar-refractivity contribution in [1.82, 2.24) is 15.5 Å². The van der Waals surface area contributed by atoms with Crippen LogP contribution in [-0.4, -0.2) is 44.0 Å². The van der Waals surface area contributed by atoms with Crippen molar-refractivity contribution in [2.75, 3.05) is 32.5 Å². The summed E-state index contributed by atoms with van der Waals surface area (Å²) in [4.78, 5) is 25.1. The van der Waals surface area contributed by atoms with Gasteiger partial charge in [-0.15, -0.1) is 0 Å². The molecule has 22 heavy (non-hydrogen) atoms. The normalized spacial score (nSPS) is 10.4. The highest BCUT2D eigenvalue weighted by molar-refractivity contribution is 5.92. The first-order chi connectivity index (χ1) is 10.5. The molecule has 0 saturated heterocycles. The minimum atomic E-state index is -0.171. The van der Waals surface area contributed by atoms with Crippen LogP contribution < -0.4 is 16.0 Å². The van der Waals surface area contributed by atoms with Gasteiger partial charge in [-0.1, -0.05) is 25.5 Å². The van der Waals surface area contributed by atoms with Gasteiger partial charge in [0.15, 0.2) is 0 Å². The zero-order chi connectivity index (χ0) is 16.4. The largest absolute Gasteiger partial charge is 0.338 e. The number of nitrogens with zero attached hydrogens (tertiary/aromatic N) is 1. The van der Waals surface area contributed by atoms with Gasteiger partial charge in [-0.05, 0) is 38.2 Å². The average Bonchev–Trinajstić information content (AvgIpc) is 2.45. The number of hydrogen-bond acceptors (Lipinski definition) is 3. The van der Waals surface area contributed by atoms with Gasteiger partial charge >= 0.3 is 6.03 Å². The van der Waals surface area contributed by atoms with Crippen LogP contribution in [0.15, 0.2) is 24.3 Å². The number of anilines is 1. The second-order valence-corrected chi connectivity index (χ2v) is 5.45. The monoisotopic (exact) mass is 306 g/mol. The van der Waals surface area contributed by atoms with E-state index in [2.05, 4.69) is 22.9 Å². The van der Waals surface area contributed by atoms with E-state index in [0.717, 1.165) is 24.1 Å². The Morgan fingerprint density at radius 3 is 2.64 bits per heavy atom. The standard InChI is InChI=1S/C16H26N4O2/c1-4-5-9-17-16(22)18-11-13-7-6-8-14(10-13)19-15(21)12-20(2)3/h6-8,10H,4-5,9,11-12H2,1-3H3,(H,19,21)(H2,17,18,22). The number of hydrogen-bond donors (Lipinski definition) is 3. The second kappa shape index (κ2) is 9.78. The molecule has 1 aromatic carbocycles. The van der Waals surface area contributed by atoms with Crippen molar-refractivity contribution in [2.24, 2.45) is 0 Å². The number of rotatable bonds is 8. The summed E-state index contributed by atoms with van der Waals surface area (Å²) in [6.45, 7) is 3.52. The molecule has 0 bridgehead atoms. The second-order valence-electron chi connectivity index (χ2n) is 5.45. The molecule has 0 atom stereocenters. The minimum Gasteiger partial charge on any atom is -0.338 e. The third-order valence-corrected chi connectivity index (χ3v) is 2.94. The van der Waals surface area contributed by atoms with E-state index in [1.165, 1.54) is 0 Å². The van der Waals surface area contributed by atoms with Gasteiger partial charge in [0, 0.05) is 18.8 Å². The third kappa shape index (κ3) is 7.64. The summed E-state index contributed by atoms with van der Waals surface area (Å²) in [6, 6.07) is 7.29. The maximum Gasteiger partial charge on any atom is 0.315 e. The number of carbonyl (C=O) groups is 2. The zero-order valence-corrected chi connectivity index (χ0v) is 13.6. The number of likely N-dealkylation sites (N-methyl/N-ethyl adjacent to an activating group) is 1. The molecule has 6 nitrogen and oxygen atoms in total. The van der Waals surface area contributed by atoms with E-state index in [4.69, 9.17) is 0 Å². The maximum absolute atomic E-state index is 11.7. The Morgan fingerprint density at radius 1 is 1.18 bits per heavy atom. The molecule has 1 rings (SSSR count). The Morgan fingerprint density at radius 2 is 1.95 bits per heavy atom. The van der Waals surface area contributed by atoms with Crippen molar-refractivity contribution in [3.63, 3.8) is 0 Å². The molecule has 1 aromatic rings. The van der Waals surface area contributed by atoms with E-state index in [0.29, 0.717) is 19.6 Å². The molecular formula is C16H26N4O2. The number of nitrogens with one attached hydrogen (secondary N) is 3. The number of amides is 3. The van der Waals surface area contributed by atoms with Crippen LogP contribution in [0.25, 0.3) is 0 Å². The highest BCUT2D eigenvalue weighted by atomic mass is 16.2. The summed E-state index contributed by atoms with van der Waals surface area (Å²) in [7, 11) is 3.69. The van der Waals surface area contributed by atoms with Crippen LogP contribution in [0, 0.1) is 0 Å². The Labute approximate surface area is 132 Å². The summed E-state index contributed by atoms with van der Waals surface area (Å²) in [5, 5.41) is 8.43. The number of benzene rings is 1. The molecule has 0 spiro atoms. The molecule has 0 aliphatic heterocycles. The summed E-state index contributed by atoms with van der Waals surface area (Å²) >= 11 is 0. The van der Waals surface area contributed by atoms with Crippen LogP contribution in [0.1, 0.15) is 25.3 Å². The third-order valence-electron chi connectivity index (χ3n) is 2.94. The fraction of sp³-hybridized carbons (Fsp3) is 0.500. The SMILES string of the molecule is CCCCNC(=O)NCc1cccc(NC(=O)CN(C)C)c1. The topological polar surface area (TPSA) is 73.5 Å². The van der Waals surface area contributed by atoms with Gasteiger partial charge in [-0.3, -0.25) is 4.79 Å². The average molecular weight is 306 g/mol. The van der Waals surface area contributed by atoms with E-state index in [1.807, 2.05) is 38.4 Å². The number of unbranched alkanes of at least 4 members (excludes halogenated alkanes) is 1. The van der Waals surface area contributed by atoms with Crippen LogP contribution in [-0.2, 0) is 11.3 Å². The maximum atomic E-state index is 11.7. The Kier molecular flexibility index (Phi) is 7.99. The Bertz CT molecular complexity index is 489. The van der Waals surface area contributed by atoms with Gasteiger partial charge in [-0.25, -0.2) is 4.79 Å². The minimum absolute atomic E-state index is 0.0626. The molecule has 0 heterocycles. The van der Waals surface area contributed by atoms with Crippen molar-refractivity contribution in [3.8, 4) is 0 Å². The smallest absolute Gasteiger partial charge is 0.315 e. The van der Waals surface area contributed by atoms with Gasteiger partial charge in [0.05, 0.1) is 6.54 Å². The van der Waals surface area contributed by atoms with Gasteiger partial charge < -0.3 is 20.9 Å². The van der Waals surface area contributed by atoms with E-state index >= 15 is 0 Å². The van der Waals surface area contributed by atoms with Crippen molar-refractivity contribution >= 4 is 17.6 Å². The fourth-order valence-corrected chi connectivity index (χ4v) is 1.87. The van der Waals surface area contributed by atoms with Crippen LogP contribution in [0.3, 0.4) is 0 Å². The van der Waals surface area contributed by atoms with E-state index in [1.54, 1.807) is 4.90 Å². The summed E-state index contributed by atoms with van der Waals surface area (Å²) in [6.07, 6.45) is 2.02. The van der Waals surface area contributed by atoms with Crippen molar-refractivity contribution < 1.29 is 9.59 Å². The predicted octanol–water partition coefficient (Wildman–Crippen LogP) is 1.79. The molecule has 6 heteroatoms. The summed E-state index contributed by atoms with van der Waals surface area (Å²) in [5.41, 5.74) is 1.67. The lowest BCUT2D eigenvalue weighted by Gasteiger charge is -2.11. The van der Waals surface area contributed by atoms with E-state index < -0.39 is 0 Å². The molecule has 0 aromatic heterocycles. The van der Waals surface area contributed by atoms with Gasteiger partial charge in [-0.2, -0.15) is 0 Å². The Balaban J connectivity index is 2.43. The summed E-state index contributed by atoms with van der Waals surface area (Å²) < 4.78 is 0. The first-order valence-corrected chi connectivity index (χ1v) is 7.56. The molecule has 3 N–H and O–H groups in total. The van der Waals surface area contributed by atoms with Gasteiger partial charge in [0.2, 0.25) is 5.91 Å². The predicted molar refractivity (Wildman–Crippen MR) is 88.8 cm³/mol. The molecule has 0 aliphatic carbocycles. The summed E-state index contributed by atoms with van der Waals surface area (Å²) in [5.74, 6) is -0.0626. The van der Waals surface area contributed by atoms with Gasteiger partial charge in [0.1, 0.15) is 0 Å². The molecular weight excluding hydrogens is 280 g/mol. The lowest BCUT2D eigenvalue weighted by atomic mass is 10.2.